The number of hydrazone groups is 1. The minimum Gasteiger partial charge on any atom is -0.272 e. The van der Waals surface area contributed by atoms with Gasteiger partial charge in [0.2, 0.25) is 10.0 Å². The molecule has 3 aromatic rings. The van der Waals surface area contributed by atoms with E-state index in [4.69, 9.17) is 11.6 Å². The molecule has 0 heterocycles. The number of hydrogen-bond donors (Lipinski definition) is 1. The molecule has 0 bridgehead atoms. The van der Waals surface area contributed by atoms with Gasteiger partial charge in [0, 0.05) is 11.6 Å². The number of halogens is 1. The number of nitrogens with zero attached hydrogens (tertiary/aromatic N) is 2. The molecule has 0 saturated carbocycles. The third-order valence-electron chi connectivity index (χ3n) is 5.27. The van der Waals surface area contributed by atoms with Crippen molar-refractivity contribution in [1.29, 1.82) is 0 Å². The molecule has 0 aliphatic heterocycles. The fraction of sp³-hybridized carbons (Fsp3) is 0.231. The molecule has 0 aliphatic rings. The molecular formula is C26H28ClN3O3S. The first-order chi connectivity index (χ1) is 16.2. The molecule has 0 unspecified atom stereocenters. The summed E-state index contributed by atoms with van der Waals surface area (Å²) >= 11 is 5.96. The van der Waals surface area contributed by atoms with Crippen molar-refractivity contribution in [3.05, 3.63) is 99.6 Å². The second-order valence-corrected chi connectivity index (χ2v) is 10.5. The van der Waals surface area contributed by atoms with Crippen LogP contribution >= 0.6 is 11.6 Å². The lowest BCUT2D eigenvalue weighted by Gasteiger charge is -2.24. The summed E-state index contributed by atoms with van der Waals surface area (Å²) in [5.41, 5.74) is 6.42. The SMILES string of the molecule is Cc1cc(C)c(S(=O)(=O)N(CCc2ccccc2)CC(=O)N/N=C/c2cccc(Cl)c2)c(C)c1. The molecule has 0 aromatic heterocycles. The maximum atomic E-state index is 13.7. The van der Waals surface area contributed by atoms with Crippen molar-refractivity contribution < 1.29 is 13.2 Å². The Bertz CT molecular complexity index is 1270. The molecule has 0 saturated heterocycles. The van der Waals surface area contributed by atoms with Gasteiger partial charge in [-0.3, -0.25) is 4.79 Å². The average molecular weight is 498 g/mol. The Morgan fingerprint density at radius 3 is 2.32 bits per heavy atom. The van der Waals surface area contributed by atoms with Crippen molar-refractivity contribution in [3.8, 4) is 0 Å². The highest BCUT2D eigenvalue weighted by atomic mass is 35.5. The number of rotatable bonds is 9. The summed E-state index contributed by atoms with van der Waals surface area (Å²) in [6, 6.07) is 20.3. The van der Waals surface area contributed by atoms with E-state index in [2.05, 4.69) is 10.5 Å². The Morgan fingerprint density at radius 2 is 1.68 bits per heavy atom. The lowest BCUT2D eigenvalue weighted by molar-refractivity contribution is -0.121. The monoisotopic (exact) mass is 497 g/mol. The Balaban J connectivity index is 1.82. The maximum Gasteiger partial charge on any atom is 0.255 e. The zero-order valence-electron chi connectivity index (χ0n) is 19.5. The van der Waals surface area contributed by atoms with E-state index in [1.54, 1.807) is 38.1 Å². The Morgan fingerprint density at radius 1 is 1.00 bits per heavy atom. The zero-order valence-corrected chi connectivity index (χ0v) is 21.0. The second kappa shape index (κ2) is 11.4. The van der Waals surface area contributed by atoms with Gasteiger partial charge in [0.05, 0.1) is 17.7 Å². The smallest absolute Gasteiger partial charge is 0.255 e. The van der Waals surface area contributed by atoms with Gasteiger partial charge in [-0.1, -0.05) is 71.8 Å². The lowest BCUT2D eigenvalue weighted by atomic mass is 10.1. The molecule has 178 valence electrons. The quantitative estimate of drug-likeness (QED) is 0.345. The molecular weight excluding hydrogens is 470 g/mol. The molecule has 0 atom stereocenters. The lowest BCUT2D eigenvalue weighted by Crippen LogP contribution is -2.41. The number of amides is 1. The van der Waals surface area contributed by atoms with Crippen LogP contribution in [0.4, 0.5) is 0 Å². The average Bonchev–Trinajstić information content (AvgIpc) is 2.76. The van der Waals surface area contributed by atoms with E-state index in [9.17, 15) is 13.2 Å². The Hall–Kier alpha value is -3.00. The summed E-state index contributed by atoms with van der Waals surface area (Å²) in [6.45, 7) is 5.28. The van der Waals surface area contributed by atoms with E-state index in [1.165, 1.54) is 10.5 Å². The van der Waals surface area contributed by atoms with Crippen molar-refractivity contribution in [1.82, 2.24) is 9.73 Å². The molecule has 1 N–H and O–H groups in total. The van der Waals surface area contributed by atoms with Gasteiger partial charge >= 0.3 is 0 Å². The van der Waals surface area contributed by atoms with Crippen molar-refractivity contribution in [2.75, 3.05) is 13.1 Å². The van der Waals surface area contributed by atoms with Crippen molar-refractivity contribution >= 4 is 33.7 Å². The molecule has 1 amide bonds. The minimum atomic E-state index is -3.92. The Kier molecular flexibility index (Phi) is 8.61. The number of hydrogen-bond acceptors (Lipinski definition) is 4. The highest BCUT2D eigenvalue weighted by Gasteiger charge is 2.29. The van der Waals surface area contributed by atoms with Crippen LogP contribution in [0, 0.1) is 20.8 Å². The van der Waals surface area contributed by atoms with Gasteiger partial charge in [-0.05, 0) is 61.6 Å². The predicted octanol–water partition coefficient (Wildman–Crippen LogP) is 4.65. The first kappa shape index (κ1) is 25.6. The van der Waals surface area contributed by atoms with Gasteiger partial charge in [-0.15, -0.1) is 0 Å². The summed E-state index contributed by atoms with van der Waals surface area (Å²) in [6.07, 6.45) is 1.93. The number of carbonyl (C=O) groups is 1. The van der Waals surface area contributed by atoms with Crippen molar-refractivity contribution in [2.45, 2.75) is 32.1 Å². The highest BCUT2D eigenvalue weighted by Crippen LogP contribution is 2.25. The molecule has 34 heavy (non-hydrogen) atoms. The van der Waals surface area contributed by atoms with E-state index >= 15 is 0 Å². The first-order valence-electron chi connectivity index (χ1n) is 10.9. The van der Waals surface area contributed by atoms with Crippen LogP contribution in [-0.4, -0.2) is 37.9 Å². The van der Waals surface area contributed by atoms with Crippen LogP contribution in [0.1, 0.15) is 27.8 Å². The molecule has 3 aromatic carbocycles. The molecule has 0 aliphatic carbocycles. The van der Waals surface area contributed by atoms with Crippen molar-refractivity contribution in [3.63, 3.8) is 0 Å². The fourth-order valence-corrected chi connectivity index (χ4v) is 5.85. The summed E-state index contributed by atoms with van der Waals surface area (Å²) in [7, 11) is -3.92. The number of nitrogens with one attached hydrogen (secondary N) is 1. The van der Waals surface area contributed by atoms with Gasteiger partial charge in [0.25, 0.3) is 5.91 Å². The van der Waals surface area contributed by atoms with E-state index in [-0.39, 0.29) is 18.0 Å². The van der Waals surface area contributed by atoms with Gasteiger partial charge in [0.15, 0.2) is 0 Å². The molecule has 0 radical (unpaired) electrons. The largest absolute Gasteiger partial charge is 0.272 e. The van der Waals surface area contributed by atoms with Gasteiger partial charge in [-0.25, -0.2) is 13.8 Å². The third-order valence-corrected chi connectivity index (χ3v) is 7.65. The standard InChI is InChI=1S/C26H28ClN3O3S/c1-19-14-20(2)26(21(3)15-19)34(32,33)30(13-12-22-8-5-4-6-9-22)18-25(31)29-28-17-23-10-7-11-24(27)16-23/h4-11,14-17H,12-13,18H2,1-3H3,(H,29,31)/b28-17+. The van der Waals surface area contributed by atoms with Crippen LogP contribution in [0.3, 0.4) is 0 Å². The zero-order chi connectivity index (χ0) is 24.7. The molecule has 8 heteroatoms. The van der Waals surface area contributed by atoms with E-state index in [0.29, 0.717) is 28.1 Å². The molecule has 6 nitrogen and oxygen atoms in total. The van der Waals surface area contributed by atoms with Gasteiger partial charge < -0.3 is 0 Å². The highest BCUT2D eigenvalue weighted by molar-refractivity contribution is 7.89. The number of aryl methyl sites for hydroxylation is 3. The normalized spacial score (nSPS) is 11.8. The third kappa shape index (κ3) is 6.76. The summed E-state index contributed by atoms with van der Waals surface area (Å²) in [4.78, 5) is 12.9. The molecule has 0 spiro atoms. The molecule has 0 fully saturated rings. The Labute approximate surface area is 206 Å². The van der Waals surface area contributed by atoms with E-state index in [1.807, 2.05) is 49.4 Å². The van der Waals surface area contributed by atoms with Crippen LogP contribution in [0.5, 0.6) is 0 Å². The minimum absolute atomic E-state index is 0.157. The fourth-order valence-electron chi connectivity index (χ4n) is 3.85. The summed E-state index contributed by atoms with van der Waals surface area (Å²) < 4.78 is 28.6. The number of sulfonamides is 1. The van der Waals surface area contributed by atoms with Gasteiger partial charge in [0.1, 0.15) is 0 Å². The second-order valence-electron chi connectivity index (χ2n) is 8.15. The van der Waals surface area contributed by atoms with E-state index < -0.39 is 15.9 Å². The van der Waals surface area contributed by atoms with Crippen molar-refractivity contribution in [2.24, 2.45) is 5.10 Å². The molecule has 3 rings (SSSR count). The summed E-state index contributed by atoms with van der Waals surface area (Å²) in [5, 5.41) is 4.50. The maximum absolute atomic E-state index is 13.7. The number of benzene rings is 3. The van der Waals surface area contributed by atoms with Crippen LogP contribution in [0.2, 0.25) is 5.02 Å². The van der Waals surface area contributed by atoms with Gasteiger partial charge in [-0.2, -0.15) is 9.41 Å². The number of carbonyl (C=O) groups excluding carboxylic acids is 1. The van der Waals surface area contributed by atoms with Crippen LogP contribution in [0.15, 0.2) is 76.7 Å². The topological polar surface area (TPSA) is 78.8 Å². The van der Waals surface area contributed by atoms with Crippen LogP contribution in [-0.2, 0) is 21.2 Å². The first-order valence-corrected chi connectivity index (χ1v) is 12.7. The van der Waals surface area contributed by atoms with E-state index in [0.717, 1.165) is 11.1 Å². The van der Waals surface area contributed by atoms with Crippen LogP contribution < -0.4 is 5.43 Å². The van der Waals surface area contributed by atoms with Crippen LogP contribution in [0.25, 0.3) is 0 Å². The summed E-state index contributed by atoms with van der Waals surface area (Å²) in [5.74, 6) is -0.530. The predicted molar refractivity (Wildman–Crippen MR) is 137 cm³/mol.